The lowest BCUT2D eigenvalue weighted by Crippen LogP contribution is -2.32. The lowest BCUT2D eigenvalue weighted by atomic mass is 10.2. The Balaban J connectivity index is 2.00. The molecule has 0 spiro atoms. The molecule has 0 fully saturated rings. The summed E-state index contributed by atoms with van der Waals surface area (Å²) in [6, 6.07) is 6.66. The molecule has 0 bridgehead atoms. The molecule has 0 aliphatic carbocycles. The molecule has 9 heteroatoms. The second-order valence-electron chi connectivity index (χ2n) is 4.48. The summed E-state index contributed by atoms with van der Waals surface area (Å²) in [6.07, 6.45) is -2.33. The second-order valence-corrected chi connectivity index (χ2v) is 4.48. The van der Waals surface area contributed by atoms with Gasteiger partial charge in [-0.15, -0.1) is 13.2 Å². The highest BCUT2D eigenvalue weighted by Crippen LogP contribution is 2.25. The molecule has 0 unspecified atom stereocenters. The number of carbonyl (C=O) groups is 1. The van der Waals surface area contributed by atoms with Crippen LogP contribution in [0.15, 0.2) is 47.7 Å². The molecule has 2 aromatic rings. The Morgan fingerprint density at radius 3 is 2.70 bits per heavy atom. The van der Waals surface area contributed by atoms with Crippen LogP contribution in [0.5, 0.6) is 5.75 Å². The fraction of sp³-hybridized carbons (Fsp3) is 0.214. The van der Waals surface area contributed by atoms with E-state index in [4.69, 9.17) is 0 Å². The largest absolute Gasteiger partial charge is 0.573 e. The van der Waals surface area contributed by atoms with Gasteiger partial charge in [-0.1, -0.05) is 18.2 Å². The topological polar surface area (TPSA) is 73.2 Å². The molecule has 23 heavy (non-hydrogen) atoms. The third-order valence-corrected chi connectivity index (χ3v) is 2.78. The van der Waals surface area contributed by atoms with Crippen molar-refractivity contribution in [2.24, 2.45) is 0 Å². The Hall–Kier alpha value is -2.84. The summed E-state index contributed by atoms with van der Waals surface area (Å²) in [4.78, 5) is 26.9. The molecule has 0 saturated heterocycles. The van der Waals surface area contributed by atoms with E-state index in [9.17, 15) is 22.8 Å². The number of benzene rings is 1. The van der Waals surface area contributed by atoms with Crippen molar-refractivity contribution in [2.75, 3.05) is 0 Å². The third kappa shape index (κ3) is 5.13. The van der Waals surface area contributed by atoms with Crippen molar-refractivity contribution in [3.63, 3.8) is 0 Å². The monoisotopic (exact) mass is 327 g/mol. The number of nitrogens with one attached hydrogen (secondary N) is 1. The minimum Gasteiger partial charge on any atom is -0.405 e. The predicted octanol–water partition coefficient (Wildman–Crippen LogP) is 1.46. The molecule has 0 saturated carbocycles. The van der Waals surface area contributed by atoms with Crippen molar-refractivity contribution >= 4 is 5.91 Å². The van der Waals surface area contributed by atoms with Crippen LogP contribution in [0.1, 0.15) is 5.56 Å². The number of hydrogen-bond acceptors (Lipinski definition) is 4. The van der Waals surface area contributed by atoms with E-state index in [1.807, 2.05) is 0 Å². The molecule has 122 valence electrons. The molecule has 0 aliphatic heterocycles. The van der Waals surface area contributed by atoms with E-state index < -0.39 is 17.8 Å². The molecule has 0 aliphatic rings. The molecule has 1 aromatic heterocycles. The zero-order valence-corrected chi connectivity index (χ0v) is 11.7. The standard InChI is InChI=1S/C14H12F3N3O3/c15-14(16,17)23-11-4-2-1-3-10(11)7-19-12(21)8-20-9-18-6-5-13(20)22/h1-6,9H,7-8H2,(H,19,21). The predicted molar refractivity (Wildman–Crippen MR) is 73.5 cm³/mol. The van der Waals surface area contributed by atoms with Crippen LogP contribution in [0, 0.1) is 0 Å². The quantitative estimate of drug-likeness (QED) is 0.902. The maximum absolute atomic E-state index is 12.3. The molecule has 0 atom stereocenters. The van der Waals surface area contributed by atoms with Crippen molar-refractivity contribution in [3.8, 4) is 5.75 Å². The molecular formula is C14H12F3N3O3. The number of halogens is 3. The van der Waals surface area contributed by atoms with E-state index in [1.165, 1.54) is 36.8 Å². The molecular weight excluding hydrogens is 315 g/mol. The smallest absolute Gasteiger partial charge is 0.405 e. The minimum atomic E-state index is -4.82. The van der Waals surface area contributed by atoms with Gasteiger partial charge < -0.3 is 10.1 Å². The second kappa shape index (κ2) is 6.95. The fourth-order valence-corrected chi connectivity index (χ4v) is 1.78. The van der Waals surface area contributed by atoms with Crippen LogP contribution in [0.25, 0.3) is 0 Å². The molecule has 1 N–H and O–H groups in total. The normalized spacial score (nSPS) is 11.1. The summed E-state index contributed by atoms with van der Waals surface area (Å²) in [5, 5.41) is 2.43. The van der Waals surface area contributed by atoms with Gasteiger partial charge in [0, 0.05) is 24.4 Å². The molecule has 1 amide bonds. The van der Waals surface area contributed by atoms with Gasteiger partial charge in [0.1, 0.15) is 12.3 Å². The van der Waals surface area contributed by atoms with E-state index in [-0.39, 0.29) is 24.4 Å². The van der Waals surface area contributed by atoms with Crippen LogP contribution in [-0.2, 0) is 17.9 Å². The highest BCUT2D eigenvalue weighted by Gasteiger charge is 2.31. The molecule has 6 nitrogen and oxygen atoms in total. The van der Waals surface area contributed by atoms with Crippen LogP contribution in [0.2, 0.25) is 0 Å². The number of nitrogens with zero attached hydrogens (tertiary/aromatic N) is 2. The SMILES string of the molecule is O=C(Cn1cnccc1=O)NCc1ccccc1OC(F)(F)F. The van der Waals surface area contributed by atoms with Gasteiger partial charge in [-0.2, -0.15) is 0 Å². The molecule has 1 aromatic carbocycles. The Bertz CT molecular complexity index is 744. The first-order valence-corrected chi connectivity index (χ1v) is 6.46. The zero-order valence-electron chi connectivity index (χ0n) is 11.7. The van der Waals surface area contributed by atoms with E-state index in [1.54, 1.807) is 0 Å². The van der Waals surface area contributed by atoms with E-state index in [0.29, 0.717) is 0 Å². The summed E-state index contributed by atoms with van der Waals surface area (Å²) in [5.41, 5.74) is -0.243. The summed E-state index contributed by atoms with van der Waals surface area (Å²) in [5.74, 6) is -0.930. The Morgan fingerprint density at radius 2 is 2.00 bits per heavy atom. The highest BCUT2D eigenvalue weighted by atomic mass is 19.4. The molecule has 1 heterocycles. The maximum Gasteiger partial charge on any atom is 0.573 e. The van der Waals surface area contributed by atoms with Gasteiger partial charge >= 0.3 is 6.36 Å². The van der Waals surface area contributed by atoms with Crippen LogP contribution < -0.4 is 15.6 Å². The van der Waals surface area contributed by atoms with E-state index >= 15 is 0 Å². The number of para-hydroxylation sites is 1. The van der Waals surface area contributed by atoms with Crippen molar-refractivity contribution in [1.82, 2.24) is 14.9 Å². The van der Waals surface area contributed by atoms with Crippen LogP contribution in [-0.4, -0.2) is 21.8 Å². The first-order valence-electron chi connectivity index (χ1n) is 6.46. The Labute approximate surface area is 128 Å². The molecule has 2 rings (SSSR count). The average Bonchev–Trinajstić information content (AvgIpc) is 2.47. The van der Waals surface area contributed by atoms with Gasteiger partial charge in [0.15, 0.2) is 0 Å². The summed E-state index contributed by atoms with van der Waals surface area (Å²) in [7, 11) is 0. The average molecular weight is 327 g/mol. The van der Waals surface area contributed by atoms with Crippen molar-refractivity contribution < 1.29 is 22.7 Å². The van der Waals surface area contributed by atoms with E-state index in [0.717, 1.165) is 10.6 Å². The Morgan fingerprint density at radius 1 is 1.26 bits per heavy atom. The van der Waals surface area contributed by atoms with Gasteiger partial charge in [-0.3, -0.25) is 14.2 Å². The number of ether oxygens (including phenoxy) is 1. The highest BCUT2D eigenvalue weighted by molar-refractivity contribution is 5.75. The van der Waals surface area contributed by atoms with Crippen LogP contribution >= 0.6 is 0 Å². The molecule has 0 radical (unpaired) electrons. The maximum atomic E-state index is 12.3. The number of hydrogen-bond donors (Lipinski definition) is 1. The number of carbonyl (C=O) groups excluding carboxylic acids is 1. The number of alkyl halides is 3. The first kappa shape index (κ1) is 16.5. The number of aromatic nitrogens is 2. The van der Waals surface area contributed by atoms with Crippen molar-refractivity contribution in [2.45, 2.75) is 19.5 Å². The van der Waals surface area contributed by atoms with E-state index in [2.05, 4.69) is 15.0 Å². The zero-order chi connectivity index (χ0) is 16.9. The van der Waals surface area contributed by atoms with Crippen molar-refractivity contribution in [3.05, 3.63) is 58.8 Å². The summed E-state index contributed by atoms with van der Waals surface area (Å²) >= 11 is 0. The van der Waals surface area contributed by atoms with Gasteiger partial charge in [-0.25, -0.2) is 4.98 Å². The van der Waals surface area contributed by atoms with Crippen molar-refractivity contribution in [1.29, 1.82) is 0 Å². The summed E-state index contributed by atoms with van der Waals surface area (Å²) in [6.45, 7) is -0.449. The van der Waals surface area contributed by atoms with Crippen LogP contribution in [0.3, 0.4) is 0 Å². The van der Waals surface area contributed by atoms with Gasteiger partial charge in [0.2, 0.25) is 5.91 Å². The minimum absolute atomic E-state index is 0.164. The van der Waals surface area contributed by atoms with Gasteiger partial charge in [-0.05, 0) is 6.07 Å². The van der Waals surface area contributed by atoms with Crippen LogP contribution in [0.4, 0.5) is 13.2 Å². The van der Waals surface area contributed by atoms with Gasteiger partial charge in [0.25, 0.3) is 5.56 Å². The lowest BCUT2D eigenvalue weighted by molar-refractivity contribution is -0.274. The lowest BCUT2D eigenvalue weighted by Gasteiger charge is -2.13. The Kier molecular flexibility index (Phi) is 4.99. The number of amides is 1. The summed E-state index contributed by atoms with van der Waals surface area (Å²) < 4.78 is 41.9. The first-order chi connectivity index (χ1) is 10.8. The third-order valence-electron chi connectivity index (χ3n) is 2.78. The van der Waals surface area contributed by atoms with Gasteiger partial charge in [0.05, 0.1) is 6.33 Å². The fourth-order valence-electron chi connectivity index (χ4n) is 1.78. The number of rotatable bonds is 5.